The normalized spacial score (nSPS) is 13.0. The fourth-order valence-electron chi connectivity index (χ4n) is 6.58. The fourth-order valence-corrected chi connectivity index (χ4v) is 6.58. The Labute approximate surface area is 464 Å². The molecule has 8 amide bonds. The van der Waals surface area contributed by atoms with Crippen molar-refractivity contribution in [3.8, 4) is 11.5 Å². The van der Waals surface area contributed by atoms with E-state index < -0.39 is 108 Å². The molecule has 0 spiro atoms. The van der Waals surface area contributed by atoms with Crippen LogP contribution in [-0.2, 0) is 73.6 Å². The van der Waals surface area contributed by atoms with Gasteiger partial charge < -0.3 is 63.8 Å². The number of phenolic OH excluding ortho intramolecular Hbond substituents is 2. The lowest BCUT2D eigenvalue weighted by Crippen LogP contribution is -2.57. The number of benzene rings is 4. The highest BCUT2D eigenvalue weighted by Gasteiger charge is 2.39. The topological polar surface area (TPSA) is 400 Å². The fraction of sp³-hybridized carbons (Fsp3) is 0.346. The number of carbonyl (C=O) groups excluding carboxylic acids is 8. The van der Waals surface area contributed by atoms with Gasteiger partial charge in [-0.2, -0.15) is 26.3 Å². The average Bonchev–Trinajstić information content (AvgIpc) is 3.44. The third-order valence-electron chi connectivity index (χ3n) is 10.9. The van der Waals surface area contributed by atoms with Crippen LogP contribution in [0.1, 0.15) is 48.9 Å². The summed E-state index contributed by atoms with van der Waals surface area (Å²) in [5.74, 6) is -10.4. The molecule has 0 saturated carbocycles. The second kappa shape index (κ2) is 34.0. The lowest BCUT2D eigenvalue weighted by atomic mass is 10.0. The standard InChI is InChI=1S/C48H60N10O10.2C2HF3O2/c1-29(53-45(65)37(49)25-33-13-17-35(59)18-14-33)43(63)51-23-21-41(61)55-39(27-31-9-5-3-6-10-31)47(67)57-58-48(68)40(28-32-11-7-4-8-12-32)56-42(62)22-24-52-44(64)30(2)54-46(66)38(50)26-34-15-19-36(60)20-16-34;2*3-2(4,5)1(6)7/h3-20,29-30,37-40,59-60H,21-28,49-50H2,1-2H3,(H,51,63)(H,52,64)(H,53,65)(H,54,66)(H,55,61)(H,56,62)(H,57,67)(H,58,68);2*(H,6,7)/t29-,30-,37+,38+,39+,40+;;/m1../s1. The second-order valence-corrected chi connectivity index (χ2v) is 17.7. The van der Waals surface area contributed by atoms with Crippen molar-refractivity contribution in [1.82, 2.24) is 42.8 Å². The Kier molecular flexibility index (Phi) is 28.5. The van der Waals surface area contributed by atoms with Gasteiger partial charge >= 0.3 is 24.3 Å². The highest BCUT2D eigenvalue weighted by Crippen LogP contribution is 2.15. The van der Waals surface area contributed by atoms with E-state index >= 15 is 0 Å². The monoisotopic (exact) mass is 1160 g/mol. The number of phenols is 2. The van der Waals surface area contributed by atoms with Gasteiger partial charge in [0, 0.05) is 38.8 Å². The van der Waals surface area contributed by atoms with Gasteiger partial charge in [-0.05, 0) is 73.2 Å². The van der Waals surface area contributed by atoms with E-state index in [1.54, 1.807) is 84.9 Å². The van der Waals surface area contributed by atoms with Crippen LogP contribution in [-0.4, -0.2) is 141 Å². The van der Waals surface area contributed by atoms with Gasteiger partial charge in [0.2, 0.25) is 35.4 Å². The molecule has 24 nitrogen and oxygen atoms in total. The van der Waals surface area contributed by atoms with Gasteiger partial charge in [-0.3, -0.25) is 49.2 Å². The maximum absolute atomic E-state index is 13.6. The number of halogens is 6. The summed E-state index contributed by atoms with van der Waals surface area (Å²) in [4.78, 5) is 122. The van der Waals surface area contributed by atoms with Gasteiger partial charge in [-0.25, -0.2) is 9.59 Å². The van der Waals surface area contributed by atoms with Crippen molar-refractivity contribution in [2.75, 3.05) is 13.1 Å². The molecular formula is C52H62F6N10O14. The van der Waals surface area contributed by atoms with E-state index in [0.717, 1.165) is 0 Å². The summed E-state index contributed by atoms with van der Waals surface area (Å²) in [5.41, 5.74) is 19.5. The van der Waals surface area contributed by atoms with Crippen molar-refractivity contribution >= 4 is 59.2 Å². The molecule has 16 N–H and O–H groups in total. The van der Waals surface area contributed by atoms with E-state index in [1.165, 1.54) is 38.1 Å². The summed E-state index contributed by atoms with van der Waals surface area (Å²) in [6.07, 6.45) is -10.3. The average molecular weight is 1170 g/mol. The molecule has 4 rings (SSSR count). The molecule has 0 aromatic heterocycles. The first-order valence-corrected chi connectivity index (χ1v) is 24.5. The van der Waals surface area contributed by atoms with E-state index in [2.05, 4.69) is 42.8 Å². The quantitative estimate of drug-likeness (QED) is 0.0334. The number of aliphatic carboxylic acids is 2. The Balaban J connectivity index is 0.00000145. The van der Waals surface area contributed by atoms with Crippen LogP contribution in [0.2, 0.25) is 0 Å². The Bertz CT molecular complexity index is 2580. The van der Waals surface area contributed by atoms with Gasteiger partial charge in [-0.1, -0.05) is 84.9 Å². The number of amides is 8. The van der Waals surface area contributed by atoms with Crippen molar-refractivity contribution in [2.45, 2.75) is 101 Å². The lowest BCUT2D eigenvalue weighted by molar-refractivity contribution is -0.193. The Morgan fingerprint density at radius 2 is 0.707 bits per heavy atom. The molecule has 0 unspecified atom stereocenters. The first-order valence-electron chi connectivity index (χ1n) is 24.5. The summed E-state index contributed by atoms with van der Waals surface area (Å²) in [6.45, 7) is 2.63. The van der Waals surface area contributed by atoms with Crippen LogP contribution in [0.4, 0.5) is 26.3 Å². The van der Waals surface area contributed by atoms with Gasteiger partial charge in [0.25, 0.3) is 11.8 Å². The second-order valence-electron chi connectivity index (χ2n) is 17.7. The molecular weight excluding hydrogens is 1100 g/mol. The number of alkyl halides is 6. The molecule has 446 valence electrons. The van der Waals surface area contributed by atoms with Crippen LogP contribution in [0.15, 0.2) is 109 Å². The van der Waals surface area contributed by atoms with E-state index in [9.17, 15) is 74.9 Å². The third-order valence-corrected chi connectivity index (χ3v) is 10.9. The predicted molar refractivity (Wildman–Crippen MR) is 278 cm³/mol. The zero-order chi connectivity index (χ0) is 61.7. The van der Waals surface area contributed by atoms with E-state index in [0.29, 0.717) is 22.3 Å². The summed E-state index contributed by atoms with van der Waals surface area (Å²) >= 11 is 0. The number of nitrogens with two attached hydrogens (primary N) is 2. The summed E-state index contributed by atoms with van der Waals surface area (Å²) in [7, 11) is 0. The summed E-state index contributed by atoms with van der Waals surface area (Å²) in [5, 5.41) is 48.7. The van der Waals surface area contributed by atoms with Crippen molar-refractivity contribution in [1.29, 1.82) is 0 Å². The molecule has 0 bridgehead atoms. The number of hydrazine groups is 1. The van der Waals surface area contributed by atoms with Crippen molar-refractivity contribution in [2.24, 2.45) is 11.5 Å². The lowest BCUT2D eigenvalue weighted by Gasteiger charge is -2.22. The van der Waals surface area contributed by atoms with Crippen LogP contribution in [0.5, 0.6) is 11.5 Å². The number of carboxylic acids is 2. The number of hydrogen-bond donors (Lipinski definition) is 14. The van der Waals surface area contributed by atoms with E-state index in [1.807, 2.05) is 0 Å². The molecule has 0 aliphatic heterocycles. The molecule has 0 heterocycles. The number of carboxylic acid groups (broad SMARTS) is 2. The predicted octanol–water partition coefficient (Wildman–Crippen LogP) is 0.429. The van der Waals surface area contributed by atoms with Crippen molar-refractivity contribution in [3.05, 3.63) is 131 Å². The Hall–Kier alpha value is -9.32. The van der Waals surface area contributed by atoms with Crippen LogP contribution in [0.3, 0.4) is 0 Å². The largest absolute Gasteiger partial charge is 0.508 e. The molecule has 30 heteroatoms. The molecule has 0 aliphatic rings. The van der Waals surface area contributed by atoms with E-state index in [4.69, 9.17) is 31.3 Å². The van der Waals surface area contributed by atoms with Crippen LogP contribution < -0.4 is 54.2 Å². The first kappa shape index (κ1) is 68.8. The first-order chi connectivity index (χ1) is 38.4. The minimum absolute atomic E-state index is 0.0267. The minimum atomic E-state index is -5.08. The highest BCUT2D eigenvalue weighted by atomic mass is 19.4. The van der Waals surface area contributed by atoms with Crippen molar-refractivity contribution in [3.63, 3.8) is 0 Å². The number of hydrogen-bond acceptors (Lipinski definition) is 14. The van der Waals surface area contributed by atoms with Crippen LogP contribution >= 0.6 is 0 Å². The third kappa shape index (κ3) is 27.5. The molecule has 6 atom stereocenters. The van der Waals surface area contributed by atoms with Crippen LogP contribution in [0.25, 0.3) is 0 Å². The van der Waals surface area contributed by atoms with Gasteiger partial charge in [0.15, 0.2) is 0 Å². The molecule has 4 aromatic carbocycles. The number of rotatable bonds is 24. The minimum Gasteiger partial charge on any atom is -0.508 e. The SMILES string of the molecule is C[C@@H](NC(=O)[C@@H](N)Cc1ccc(O)cc1)C(=O)NCCC(=O)N[C@@H](Cc1ccccc1)C(=O)NNC(=O)[C@H](Cc1ccccc1)NC(=O)CCNC(=O)[C@@H](C)NC(=O)[C@@H](N)Cc1ccc(O)cc1.O=C(O)C(F)(F)F.O=C(O)C(F)(F)F. The molecule has 4 aromatic rings. The Morgan fingerprint density at radius 1 is 0.427 bits per heavy atom. The van der Waals surface area contributed by atoms with Gasteiger partial charge in [-0.15, -0.1) is 0 Å². The van der Waals surface area contributed by atoms with Crippen molar-refractivity contribution < 1.29 is 94.7 Å². The zero-order valence-corrected chi connectivity index (χ0v) is 43.8. The van der Waals surface area contributed by atoms with Gasteiger partial charge in [0.05, 0.1) is 12.1 Å². The molecule has 0 aliphatic carbocycles. The molecule has 0 radical (unpaired) electrons. The smallest absolute Gasteiger partial charge is 0.490 e. The molecule has 0 fully saturated rings. The summed E-state index contributed by atoms with van der Waals surface area (Å²) in [6, 6.07) is 23.7. The number of carbonyl (C=O) groups is 10. The number of aromatic hydroxyl groups is 2. The maximum atomic E-state index is 13.6. The Morgan fingerprint density at radius 3 is 0.988 bits per heavy atom. The molecule has 0 saturated heterocycles. The van der Waals surface area contributed by atoms with Crippen LogP contribution in [0, 0.1) is 0 Å². The van der Waals surface area contributed by atoms with E-state index in [-0.39, 0.29) is 63.1 Å². The summed E-state index contributed by atoms with van der Waals surface area (Å²) < 4.78 is 63.5. The molecule has 82 heavy (non-hydrogen) atoms. The number of nitrogens with one attached hydrogen (secondary N) is 8. The van der Waals surface area contributed by atoms with Gasteiger partial charge in [0.1, 0.15) is 35.7 Å². The highest BCUT2D eigenvalue weighted by molar-refractivity contribution is 5.93. The zero-order valence-electron chi connectivity index (χ0n) is 43.8. The maximum Gasteiger partial charge on any atom is 0.490 e.